The Hall–Kier alpha value is -3.50. The van der Waals surface area contributed by atoms with E-state index in [1.165, 1.54) is 18.2 Å². The number of halogens is 3. The van der Waals surface area contributed by atoms with Gasteiger partial charge in [0.05, 0.1) is 22.4 Å². The van der Waals surface area contributed by atoms with Crippen molar-refractivity contribution in [3.63, 3.8) is 0 Å². The summed E-state index contributed by atoms with van der Waals surface area (Å²) in [6.45, 7) is 0. The van der Waals surface area contributed by atoms with Gasteiger partial charge in [-0.25, -0.2) is 0 Å². The number of alkyl halides is 3. The lowest BCUT2D eigenvalue weighted by atomic mass is 9.81. The Kier molecular flexibility index (Phi) is 5.57. The van der Waals surface area contributed by atoms with Crippen molar-refractivity contribution in [2.75, 3.05) is 5.32 Å². The number of hydrogen-bond donors (Lipinski definition) is 1. The maximum atomic E-state index is 13.3. The minimum Gasteiger partial charge on any atom is -0.388 e. The molecule has 0 unspecified atom stereocenters. The van der Waals surface area contributed by atoms with E-state index >= 15 is 0 Å². The van der Waals surface area contributed by atoms with Crippen molar-refractivity contribution in [3.8, 4) is 11.3 Å². The van der Waals surface area contributed by atoms with Crippen LogP contribution in [0.2, 0.25) is 0 Å². The largest absolute Gasteiger partial charge is 0.417 e. The van der Waals surface area contributed by atoms with E-state index in [0.29, 0.717) is 6.42 Å². The summed E-state index contributed by atoms with van der Waals surface area (Å²) in [6, 6.07) is 5.57. The lowest BCUT2D eigenvalue weighted by Gasteiger charge is -2.30. The van der Waals surface area contributed by atoms with Gasteiger partial charge in [0.15, 0.2) is 0 Å². The molecule has 32 heavy (non-hydrogen) atoms. The maximum Gasteiger partial charge on any atom is 0.417 e. The molecule has 1 spiro atoms. The van der Waals surface area contributed by atoms with E-state index in [-0.39, 0.29) is 22.7 Å². The van der Waals surface area contributed by atoms with Crippen LogP contribution in [-0.4, -0.2) is 27.1 Å². The van der Waals surface area contributed by atoms with Crippen LogP contribution >= 0.6 is 0 Å². The minimum absolute atomic E-state index is 0.118. The summed E-state index contributed by atoms with van der Waals surface area (Å²) in [5.74, 6) is -0.666. The fraction of sp³-hybridized carbons (Fsp3) is 0.381. The topological polar surface area (TPSA) is 107 Å². The molecule has 2 aliphatic rings. The third-order valence-corrected chi connectivity index (χ3v) is 5.70. The average Bonchev–Trinajstić information content (AvgIpc) is 3.17. The van der Waals surface area contributed by atoms with Crippen LogP contribution in [0.15, 0.2) is 41.7 Å². The second-order valence-electron chi connectivity index (χ2n) is 7.89. The van der Waals surface area contributed by atoms with Crippen molar-refractivity contribution in [3.05, 3.63) is 52.2 Å². The number of amides is 1. The number of carbonyl (C=O) groups is 1. The molecule has 1 aromatic carbocycles. The Morgan fingerprint density at radius 3 is 2.59 bits per heavy atom. The third-order valence-electron chi connectivity index (χ3n) is 5.70. The highest BCUT2D eigenvalue weighted by atomic mass is 19.4. The van der Waals surface area contributed by atoms with Gasteiger partial charge in [0, 0.05) is 18.1 Å². The molecule has 2 aromatic rings. The van der Waals surface area contributed by atoms with Gasteiger partial charge in [-0.15, -0.1) is 0 Å². The molecule has 0 atom stereocenters. The van der Waals surface area contributed by atoms with Crippen LogP contribution in [0.25, 0.3) is 11.3 Å². The van der Waals surface area contributed by atoms with Crippen LogP contribution in [0.5, 0.6) is 0 Å². The van der Waals surface area contributed by atoms with Gasteiger partial charge in [-0.1, -0.05) is 29.8 Å². The molecule has 168 valence electrons. The predicted octanol–water partition coefficient (Wildman–Crippen LogP) is 5.09. The van der Waals surface area contributed by atoms with Gasteiger partial charge in [-0.2, -0.15) is 13.2 Å². The Labute approximate surface area is 180 Å². The summed E-state index contributed by atoms with van der Waals surface area (Å²) in [5.41, 5.74) is -2.69. The van der Waals surface area contributed by atoms with Crippen LogP contribution < -0.4 is 5.32 Å². The summed E-state index contributed by atoms with van der Waals surface area (Å²) in [5, 5.41) is 17.9. The zero-order valence-electron chi connectivity index (χ0n) is 16.8. The van der Waals surface area contributed by atoms with Gasteiger partial charge >= 0.3 is 6.18 Å². The zero-order valence-corrected chi connectivity index (χ0v) is 16.8. The summed E-state index contributed by atoms with van der Waals surface area (Å²) < 4.78 is 40.0. The third kappa shape index (κ3) is 4.27. The average molecular weight is 448 g/mol. The molecular formula is C21H19F3N4O4. The first-order valence-corrected chi connectivity index (χ1v) is 10.1. The van der Waals surface area contributed by atoms with Crippen LogP contribution in [-0.2, 0) is 15.8 Å². The number of anilines is 1. The number of oxime groups is 1. The Morgan fingerprint density at radius 1 is 1.19 bits per heavy atom. The quantitative estimate of drug-likeness (QED) is 0.518. The molecular weight excluding hydrogens is 429 g/mol. The Morgan fingerprint density at radius 2 is 1.91 bits per heavy atom. The maximum absolute atomic E-state index is 13.3. The first kappa shape index (κ1) is 21.7. The molecule has 4 rings (SSSR count). The number of nitrogens with one attached hydrogen (secondary N) is 1. The van der Waals surface area contributed by atoms with E-state index in [2.05, 4.69) is 15.5 Å². The predicted molar refractivity (Wildman–Crippen MR) is 109 cm³/mol. The van der Waals surface area contributed by atoms with Crippen molar-refractivity contribution in [1.82, 2.24) is 4.98 Å². The monoisotopic (exact) mass is 448 g/mol. The van der Waals surface area contributed by atoms with Crippen molar-refractivity contribution >= 4 is 23.0 Å². The molecule has 1 aromatic heterocycles. The first-order chi connectivity index (χ1) is 15.2. The van der Waals surface area contributed by atoms with E-state index in [1.54, 1.807) is 0 Å². The molecule has 8 nitrogen and oxygen atoms in total. The van der Waals surface area contributed by atoms with Gasteiger partial charge in [0.25, 0.3) is 11.6 Å². The normalized spacial score (nSPS) is 17.5. The van der Waals surface area contributed by atoms with E-state index < -0.39 is 33.9 Å². The van der Waals surface area contributed by atoms with E-state index in [1.807, 2.05) is 0 Å². The van der Waals surface area contributed by atoms with Crippen molar-refractivity contribution < 1.29 is 27.7 Å². The van der Waals surface area contributed by atoms with Gasteiger partial charge < -0.3 is 10.2 Å². The van der Waals surface area contributed by atoms with Crippen LogP contribution in [0.4, 0.5) is 24.5 Å². The van der Waals surface area contributed by atoms with Crippen molar-refractivity contribution in [2.24, 2.45) is 5.16 Å². The molecule has 1 saturated carbocycles. The number of benzene rings is 1. The number of pyridine rings is 1. The van der Waals surface area contributed by atoms with Gasteiger partial charge in [0.1, 0.15) is 17.0 Å². The summed E-state index contributed by atoms with van der Waals surface area (Å²) in [7, 11) is 0. The number of rotatable bonds is 4. The van der Waals surface area contributed by atoms with E-state index in [9.17, 15) is 28.1 Å². The van der Waals surface area contributed by atoms with Crippen molar-refractivity contribution in [2.45, 2.75) is 50.3 Å². The minimum atomic E-state index is -4.66. The summed E-state index contributed by atoms with van der Waals surface area (Å²) >= 11 is 0. The molecule has 11 heteroatoms. The SMILES string of the molecule is O=C(Nc1cnc(-c2ccccc2C(F)(F)F)cc1[N+](=O)[O-])C1=NOC2(CCCCC2)C1. The molecule has 1 aliphatic carbocycles. The molecule has 0 radical (unpaired) electrons. The second kappa shape index (κ2) is 8.21. The van der Waals surface area contributed by atoms with Gasteiger partial charge in [-0.05, 0) is 31.7 Å². The van der Waals surface area contributed by atoms with Crippen LogP contribution in [0.3, 0.4) is 0 Å². The highest BCUT2D eigenvalue weighted by Crippen LogP contribution is 2.40. The van der Waals surface area contributed by atoms with E-state index in [4.69, 9.17) is 4.84 Å². The van der Waals surface area contributed by atoms with Crippen LogP contribution in [0, 0.1) is 10.1 Å². The fourth-order valence-electron chi connectivity index (χ4n) is 4.10. The highest BCUT2D eigenvalue weighted by Gasteiger charge is 2.42. The van der Waals surface area contributed by atoms with Crippen molar-refractivity contribution in [1.29, 1.82) is 0 Å². The van der Waals surface area contributed by atoms with E-state index in [0.717, 1.165) is 50.4 Å². The zero-order chi connectivity index (χ0) is 22.9. The Balaban J connectivity index is 1.59. The van der Waals surface area contributed by atoms with Gasteiger partial charge in [0.2, 0.25) is 0 Å². The molecule has 1 aliphatic heterocycles. The number of carbonyl (C=O) groups excluding carboxylic acids is 1. The molecule has 1 amide bonds. The molecule has 1 N–H and O–H groups in total. The highest BCUT2D eigenvalue weighted by molar-refractivity contribution is 6.43. The first-order valence-electron chi connectivity index (χ1n) is 10.1. The number of aromatic nitrogens is 1. The second-order valence-corrected chi connectivity index (χ2v) is 7.89. The molecule has 0 saturated heterocycles. The van der Waals surface area contributed by atoms with Crippen LogP contribution in [0.1, 0.15) is 44.1 Å². The fourth-order valence-corrected chi connectivity index (χ4v) is 4.10. The summed E-state index contributed by atoms with van der Waals surface area (Å²) in [6.07, 6.45) is 1.22. The number of nitrogens with zero attached hydrogens (tertiary/aromatic N) is 3. The lowest BCUT2D eigenvalue weighted by Crippen LogP contribution is -2.33. The molecule has 2 heterocycles. The number of hydrogen-bond acceptors (Lipinski definition) is 6. The molecule has 1 fully saturated rings. The van der Waals surface area contributed by atoms with Gasteiger partial charge in [-0.3, -0.25) is 19.9 Å². The lowest BCUT2D eigenvalue weighted by molar-refractivity contribution is -0.383. The smallest absolute Gasteiger partial charge is 0.388 e. The Bertz CT molecular complexity index is 1090. The summed E-state index contributed by atoms with van der Waals surface area (Å²) in [4.78, 5) is 32.9. The number of nitro groups is 1. The standard InChI is InChI=1S/C21H19F3N4O4/c22-21(23,24)14-7-3-2-6-13(14)15-10-18(28(30)31)17(12-25-15)26-19(29)16-11-20(32-27-16)8-4-1-5-9-20/h2-3,6-7,10,12H,1,4-5,8-9,11H2,(H,26,29). The molecule has 0 bridgehead atoms.